The average Bonchev–Trinajstić information content (AvgIpc) is 3.33. The van der Waals surface area contributed by atoms with E-state index >= 15 is 0 Å². The van der Waals surface area contributed by atoms with E-state index in [0.29, 0.717) is 64.3 Å². The molecule has 2 aliphatic carbocycles. The van der Waals surface area contributed by atoms with E-state index in [1.165, 1.54) is 24.8 Å². The first-order valence-corrected chi connectivity index (χ1v) is 15.2. The van der Waals surface area contributed by atoms with Crippen LogP contribution in [0.3, 0.4) is 0 Å². The number of likely N-dealkylation sites (tertiary alicyclic amines) is 1. The van der Waals surface area contributed by atoms with E-state index in [1.54, 1.807) is 12.2 Å². The molecule has 39 heavy (non-hydrogen) atoms. The van der Waals surface area contributed by atoms with Gasteiger partial charge < -0.3 is 15.0 Å². The molecule has 0 aromatic rings. The second kappa shape index (κ2) is 13.3. The first-order valence-electron chi connectivity index (χ1n) is 15.2. The van der Waals surface area contributed by atoms with Crippen LogP contribution in [-0.2, 0) is 19.1 Å². The minimum atomic E-state index is -0.948. The summed E-state index contributed by atoms with van der Waals surface area (Å²) in [6.45, 7) is 6.65. The molecule has 1 amide bonds. The highest BCUT2D eigenvalue weighted by atomic mass is 16.5. The minimum Gasteiger partial charge on any atom is -0.381 e. The van der Waals surface area contributed by atoms with Crippen molar-refractivity contribution in [3.05, 3.63) is 23.4 Å². The summed E-state index contributed by atoms with van der Waals surface area (Å²) in [4.78, 5) is 40.7. The predicted octanol–water partition coefficient (Wildman–Crippen LogP) is 5.41. The van der Waals surface area contributed by atoms with Crippen LogP contribution in [-0.4, -0.2) is 54.2 Å². The molecule has 4 rings (SSSR count). The molecule has 3 fully saturated rings. The number of ketones is 2. The van der Waals surface area contributed by atoms with E-state index in [1.807, 2.05) is 0 Å². The molecule has 2 aliphatic heterocycles. The number of nitrogens with one attached hydrogen (secondary N) is 1. The van der Waals surface area contributed by atoms with Crippen LogP contribution in [0.1, 0.15) is 104 Å². The van der Waals surface area contributed by atoms with Crippen LogP contribution in [0.25, 0.3) is 0 Å². The Morgan fingerprint density at radius 1 is 1.21 bits per heavy atom. The Morgan fingerprint density at radius 3 is 2.64 bits per heavy atom. The second-order valence-corrected chi connectivity index (χ2v) is 13.2. The van der Waals surface area contributed by atoms with Crippen molar-refractivity contribution in [2.75, 3.05) is 26.3 Å². The number of hydrogen-bond donors (Lipinski definition) is 1. The maximum absolute atomic E-state index is 13.7. The summed E-state index contributed by atoms with van der Waals surface area (Å²) in [5, 5.41) is 13.4. The Balaban J connectivity index is 1.37. The topological polar surface area (TPSA) is 99.5 Å². The molecular formula is C32H47N3O4. The lowest BCUT2D eigenvalue weighted by Crippen LogP contribution is -2.51. The van der Waals surface area contributed by atoms with Gasteiger partial charge in [0.15, 0.2) is 11.6 Å². The molecule has 2 atom stereocenters. The van der Waals surface area contributed by atoms with E-state index in [2.05, 4.69) is 30.1 Å². The van der Waals surface area contributed by atoms with E-state index in [-0.39, 0.29) is 28.8 Å². The van der Waals surface area contributed by atoms with E-state index < -0.39 is 5.54 Å². The zero-order valence-corrected chi connectivity index (χ0v) is 24.1. The maximum atomic E-state index is 13.7. The van der Waals surface area contributed by atoms with Crippen molar-refractivity contribution >= 4 is 17.5 Å². The van der Waals surface area contributed by atoms with Crippen LogP contribution >= 0.6 is 0 Å². The molecule has 7 nitrogen and oxygen atoms in total. The third kappa shape index (κ3) is 8.51. The standard InChI is InChI=1S/C32H47N3O4/c1-31(2)20-27(19-29(37)21-31)35-14-13-32(22-33,23-35)34-30(38)26(17-24-7-4-3-5-8-24)9-6-10-28(36)18-25-11-15-39-16-12-25/h18-19,24,26H,3-17,20-21,23H2,1-2H3,(H,34,38)/t26-,32?/m0/s1. The average molecular weight is 538 g/mol. The molecule has 2 saturated heterocycles. The van der Waals surface area contributed by atoms with Gasteiger partial charge in [0.25, 0.3) is 0 Å². The number of ether oxygens (including phenoxy) is 1. The summed E-state index contributed by atoms with van der Waals surface area (Å²) in [7, 11) is 0. The van der Waals surface area contributed by atoms with Gasteiger partial charge in [0, 0.05) is 43.5 Å². The predicted molar refractivity (Wildman–Crippen MR) is 150 cm³/mol. The van der Waals surface area contributed by atoms with Gasteiger partial charge in [-0.05, 0) is 55.9 Å². The first-order chi connectivity index (χ1) is 18.7. The summed E-state index contributed by atoms with van der Waals surface area (Å²) in [5.41, 5.74) is 1.11. The first kappa shape index (κ1) is 29.5. The number of carbonyl (C=O) groups is 3. The van der Waals surface area contributed by atoms with Crippen molar-refractivity contribution in [1.82, 2.24) is 10.2 Å². The lowest BCUT2D eigenvalue weighted by molar-refractivity contribution is -0.127. The van der Waals surface area contributed by atoms with Crippen molar-refractivity contribution in [3.63, 3.8) is 0 Å². The van der Waals surface area contributed by atoms with Crippen molar-refractivity contribution in [1.29, 1.82) is 5.26 Å². The molecule has 2 heterocycles. The highest BCUT2D eigenvalue weighted by molar-refractivity contribution is 5.92. The van der Waals surface area contributed by atoms with E-state index in [0.717, 1.165) is 44.2 Å². The second-order valence-electron chi connectivity index (χ2n) is 13.2. The Hall–Kier alpha value is -2.46. The fourth-order valence-corrected chi connectivity index (χ4v) is 6.91. The van der Waals surface area contributed by atoms with Gasteiger partial charge in [0.05, 0.1) is 25.8 Å². The molecule has 214 valence electrons. The van der Waals surface area contributed by atoms with Crippen molar-refractivity contribution < 1.29 is 19.1 Å². The molecule has 0 aromatic carbocycles. The quantitative estimate of drug-likeness (QED) is 0.374. The molecular weight excluding hydrogens is 490 g/mol. The van der Waals surface area contributed by atoms with Gasteiger partial charge in [-0.15, -0.1) is 0 Å². The van der Waals surface area contributed by atoms with E-state index in [9.17, 15) is 19.6 Å². The minimum absolute atomic E-state index is 0.0479. The van der Waals surface area contributed by atoms with Crippen LogP contribution in [0.4, 0.5) is 0 Å². The summed E-state index contributed by atoms with van der Waals surface area (Å²) in [5.74, 6) is 0.572. The number of amides is 1. The number of nitrogens with zero attached hydrogens (tertiary/aromatic N) is 2. The Morgan fingerprint density at radius 2 is 1.95 bits per heavy atom. The van der Waals surface area contributed by atoms with Crippen LogP contribution in [0, 0.1) is 28.6 Å². The molecule has 0 radical (unpaired) electrons. The Labute approximate surface area is 234 Å². The summed E-state index contributed by atoms with van der Waals surface area (Å²) in [6, 6.07) is 2.43. The van der Waals surface area contributed by atoms with Gasteiger partial charge >= 0.3 is 0 Å². The molecule has 0 spiro atoms. The third-order valence-corrected chi connectivity index (χ3v) is 9.08. The smallest absolute Gasteiger partial charge is 0.224 e. The van der Waals surface area contributed by atoms with Gasteiger partial charge in [0.1, 0.15) is 5.54 Å². The summed E-state index contributed by atoms with van der Waals surface area (Å²) in [6.07, 6.45) is 15.7. The molecule has 4 aliphatic rings. The molecule has 7 heteroatoms. The lowest BCUT2D eigenvalue weighted by Gasteiger charge is -2.34. The lowest BCUT2D eigenvalue weighted by atomic mass is 9.78. The number of carbonyl (C=O) groups excluding carboxylic acids is 3. The van der Waals surface area contributed by atoms with Crippen molar-refractivity contribution in [2.45, 2.75) is 109 Å². The largest absolute Gasteiger partial charge is 0.381 e. The third-order valence-electron chi connectivity index (χ3n) is 9.08. The monoisotopic (exact) mass is 537 g/mol. The molecule has 1 saturated carbocycles. The zero-order chi connectivity index (χ0) is 27.9. The number of hydrogen-bond acceptors (Lipinski definition) is 6. The fraction of sp³-hybridized carbons (Fsp3) is 0.750. The SMILES string of the molecule is CC1(C)CC(=O)C=C(N2CCC(C#N)(NC(=O)[C@@H](CCCC(=O)C=C3CCOCC3)CC3CCCCC3)C2)C1. The maximum Gasteiger partial charge on any atom is 0.224 e. The summed E-state index contributed by atoms with van der Waals surface area (Å²) < 4.78 is 5.38. The Bertz CT molecular complexity index is 1010. The van der Waals surface area contributed by atoms with Crippen LogP contribution in [0.2, 0.25) is 0 Å². The van der Waals surface area contributed by atoms with Crippen LogP contribution in [0.15, 0.2) is 23.4 Å². The molecule has 0 bridgehead atoms. The van der Waals surface area contributed by atoms with Crippen LogP contribution in [0.5, 0.6) is 0 Å². The van der Waals surface area contributed by atoms with Gasteiger partial charge in [0.2, 0.25) is 5.91 Å². The molecule has 1 unspecified atom stereocenters. The van der Waals surface area contributed by atoms with E-state index in [4.69, 9.17) is 4.74 Å². The summed E-state index contributed by atoms with van der Waals surface area (Å²) >= 11 is 0. The van der Waals surface area contributed by atoms with Gasteiger partial charge in [-0.2, -0.15) is 5.26 Å². The van der Waals surface area contributed by atoms with Gasteiger partial charge in [-0.1, -0.05) is 51.5 Å². The van der Waals surface area contributed by atoms with Crippen molar-refractivity contribution in [3.8, 4) is 6.07 Å². The Kier molecular flexibility index (Phi) is 10.0. The number of nitriles is 1. The van der Waals surface area contributed by atoms with Crippen LogP contribution < -0.4 is 5.32 Å². The zero-order valence-electron chi connectivity index (χ0n) is 24.1. The fourth-order valence-electron chi connectivity index (χ4n) is 6.91. The van der Waals surface area contributed by atoms with Crippen molar-refractivity contribution in [2.24, 2.45) is 17.3 Å². The molecule has 1 N–H and O–H groups in total. The normalized spacial score (nSPS) is 26.5. The number of rotatable bonds is 10. The van der Waals surface area contributed by atoms with Gasteiger partial charge in [-0.3, -0.25) is 14.4 Å². The number of allylic oxidation sites excluding steroid dienone is 3. The van der Waals surface area contributed by atoms with Gasteiger partial charge in [-0.25, -0.2) is 0 Å². The highest BCUT2D eigenvalue weighted by Gasteiger charge is 2.43. The highest BCUT2D eigenvalue weighted by Crippen LogP contribution is 2.38. The molecule has 0 aromatic heterocycles.